The normalized spacial score (nSPS) is 23.4. The zero-order valence-electron chi connectivity index (χ0n) is 11.2. The van der Waals surface area contributed by atoms with Gasteiger partial charge in [-0.05, 0) is 36.5 Å². The van der Waals surface area contributed by atoms with Crippen LogP contribution in [0, 0.1) is 5.92 Å². The van der Waals surface area contributed by atoms with Gasteiger partial charge in [-0.2, -0.15) is 0 Å². The summed E-state index contributed by atoms with van der Waals surface area (Å²) >= 11 is 0. The molecule has 0 radical (unpaired) electrons. The lowest BCUT2D eigenvalue weighted by atomic mass is 10.0. The molecule has 1 amide bonds. The van der Waals surface area contributed by atoms with Crippen LogP contribution < -0.4 is 5.73 Å². The quantitative estimate of drug-likeness (QED) is 0.887. The average Bonchev–Trinajstić information content (AvgIpc) is 2.79. The number of benzene rings is 1. The molecule has 1 heterocycles. The maximum atomic E-state index is 12.4. The minimum absolute atomic E-state index is 0.123. The predicted octanol–water partition coefficient (Wildman–Crippen LogP) is 2.06. The molecule has 0 bridgehead atoms. The molecule has 98 valence electrons. The Labute approximate surface area is 109 Å². The monoisotopic (exact) mass is 246 g/mol. The van der Waals surface area contributed by atoms with E-state index in [1.54, 1.807) is 0 Å². The van der Waals surface area contributed by atoms with Crippen molar-refractivity contribution >= 4 is 5.91 Å². The highest BCUT2D eigenvalue weighted by Gasteiger charge is 2.33. The smallest absolute Gasteiger partial charge is 0.254 e. The molecule has 0 aromatic heterocycles. The summed E-state index contributed by atoms with van der Waals surface area (Å²) in [6.07, 6.45) is 2.06. The third-order valence-electron chi connectivity index (χ3n) is 3.99. The number of hydrogen-bond donors (Lipinski definition) is 1. The second-order valence-corrected chi connectivity index (χ2v) is 5.12. The summed E-state index contributed by atoms with van der Waals surface area (Å²) in [6.45, 7) is 5.67. The Bertz CT molecular complexity index is 413. The number of amides is 1. The number of likely N-dealkylation sites (tertiary alicyclic amines) is 1. The first-order valence-corrected chi connectivity index (χ1v) is 6.77. The second-order valence-electron chi connectivity index (χ2n) is 5.12. The molecular formula is C15H22N2O. The van der Waals surface area contributed by atoms with Crippen LogP contribution in [0.25, 0.3) is 0 Å². The van der Waals surface area contributed by atoms with Gasteiger partial charge in [-0.1, -0.05) is 26.0 Å². The molecule has 2 atom stereocenters. The molecule has 1 aromatic rings. The molecule has 18 heavy (non-hydrogen) atoms. The summed E-state index contributed by atoms with van der Waals surface area (Å²) in [7, 11) is 0. The number of nitrogens with two attached hydrogens (primary N) is 1. The number of carbonyl (C=O) groups is 1. The molecule has 1 aromatic carbocycles. The maximum Gasteiger partial charge on any atom is 0.254 e. The van der Waals surface area contributed by atoms with Crippen molar-refractivity contribution in [1.29, 1.82) is 0 Å². The third kappa shape index (κ3) is 2.41. The Kier molecular flexibility index (Phi) is 4.02. The van der Waals surface area contributed by atoms with E-state index >= 15 is 0 Å². The molecule has 1 aliphatic rings. The van der Waals surface area contributed by atoms with Crippen LogP contribution in [0.1, 0.15) is 36.2 Å². The van der Waals surface area contributed by atoms with Crippen LogP contribution in [0.3, 0.4) is 0 Å². The van der Waals surface area contributed by atoms with Crippen LogP contribution in [-0.2, 0) is 6.42 Å². The van der Waals surface area contributed by atoms with Gasteiger partial charge in [0.1, 0.15) is 0 Å². The van der Waals surface area contributed by atoms with Crippen molar-refractivity contribution in [3.63, 3.8) is 0 Å². The van der Waals surface area contributed by atoms with Gasteiger partial charge in [0.05, 0.1) is 0 Å². The first kappa shape index (κ1) is 13.1. The van der Waals surface area contributed by atoms with E-state index in [-0.39, 0.29) is 11.9 Å². The van der Waals surface area contributed by atoms with Gasteiger partial charge in [0.25, 0.3) is 5.91 Å². The summed E-state index contributed by atoms with van der Waals surface area (Å²) in [5.41, 5.74) is 7.82. The molecular weight excluding hydrogens is 224 g/mol. The van der Waals surface area contributed by atoms with Crippen LogP contribution >= 0.6 is 0 Å². The van der Waals surface area contributed by atoms with Crippen LogP contribution in [0.15, 0.2) is 24.3 Å². The molecule has 2 unspecified atom stereocenters. The minimum atomic E-state index is 0.123. The van der Waals surface area contributed by atoms with E-state index in [4.69, 9.17) is 5.73 Å². The average molecular weight is 246 g/mol. The number of hydrogen-bond acceptors (Lipinski definition) is 2. The lowest BCUT2D eigenvalue weighted by Gasteiger charge is -2.25. The van der Waals surface area contributed by atoms with E-state index in [1.807, 2.05) is 29.2 Å². The number of rotatable bonds is 3. The molecule has 2 N–H and O–H groups in total. The van der Waals surface area contributed by atoms with Gasteiger partial charge in [-0.3, -0.25) is 4.79 Å². The van der Waals surface area contributed by atoms with Crippen molar-refractivity contribution in [2.75, 3.05) is 13.1 Å². The van der Waals surface area contributed by atoms with Crippen molar-refractivity contribution in [1.82, 2.24) is 4.90 Å². The Morgan fingerprint density at radius 2 is 2.06 bits per heavy atom. The van der Waals surface area contributed by atoms with Crippen LogP contribution in [0.4, 0.5) is 0 Å². The Hall–Kier alpha value is -1.35. The van der Waals surface area contributed by atoms with E-state index in [1.165, 1.54) is 5.56 Å². The molecule has 0 saturated carbocycles. The molecule has 2 rings (SSSR count). The first-order valence-electron chi connectivity index (χ1n) is 6.77. The van der Waals surface area contributed by atoms with Crippen molar-refractivity contribution in [2.24, 2.45) is 11.7 Å². The summed E-state index contributed by atoms with van der Waals surface area (Å²) in [4.78, 5) is 14.4. The molecule has 0 aliphatic carbocycles. The van der Waals surface area contributed by atoms with Crippen molar-refractivity contribution < 1.29 is 4.79 Å². The van der Waals surface area contributed by atoms with Crippen LogP contribution in [0.5, 0.6) is 0 Å². The summed E-state index contributed by atoms with van der Waals surface area (Å²) < 4.78 is 0. The first-order chi connectivity index (χ1) is 8.67. The van der Waals surface area contributed by atoms with E-state index in [0.29, 0.717) is 12.5 Å². The number of carbonyl (C=O) groups excluding carboxylic acids is 1. The van der Waals surface area contributed by atoms with Gasteiger partial charge in [-0.15, -0.1) is 0 Å². The molecule has 3 nitrogen and oxygen atoms in total. The molecule has 0 spiro atoms. The van der Waals surface area contributed by atoms with E-state index in [9.17, 15) is 4.79 Å². The fourth-order valence-corrected chi connectivity index (χ4v) is 2.67. The third-order valence-corrected chi connectivity index (χ3v) is 3.99. The van der Waals surface area contributed by atoms with E-state index in [0.717, 1.165) is 24.9 Å². The van der Waals surface area contributed by atoms with E-state index in [2.05, 4.69) is 13.8 Å². The minimum Gasteiger partial charge on any atom is -0.334 e. The topological polar surface area (TPSA) is 46.3 Å². The van der Waals surface area contributed by atoms with E-state index < -0.39 is 0 Å². The van der Waals surface area contributed by atoms with Gasteiger partial charge >= 0.3 is 0 Å². The lowest BCUT2D eigenvalue weighted by molar-refractivity contribution is 0.0727. The summed E-state index contributed by atoms with van der Waals surface area (Å²) in [6, 6.07) is 8.12. The van der Waals surface area contributed by atoms with Gasteiger partial charge in [0, 0.05) is 24.7 Å². The zero-order valence-corrected chi connectivity index (χ0v) is 11.2. The molecule has 3 heteroatoms. The fourth-order valence-electron chi connectivity index (χ4n) is 2.67. The van der Waals surface area contributed by atoms with Crippen molar-refractivity contribution in [3.8, 4) is 0 Å². The van der Waals surface area contributed by atoms with Crippen LogP contribution in [-0.4, -0.2) is 29.9 Å². The lowest BCUT2D eigenvalue weighted by Crippen LogP contribution is -2.42. The highest BCUT2D eigenvalue weighted by atomic mass is 16.2. The van der Waals surface area contributed by atoms with Gasteiger partial charge in [0.2, 0.25) is 0 Å². The van der Waals surface area contributed by atoms with Gasteiger partial charge < -0.3 is 10.6 Å². The van der Waals surface area contributed by atoms with Gasteiger partial charge in [-0.25, -0.2) is 0 Å². The molecule has 1 saturated heterocycles. The summed E-state index contributed by atoms with van der Waals surface area (Å²) in [5.74, 6) is 0.631. The SMILES string of the molecule is CCc1ccc(C(=O)N2CCC(C)C2CN)cc1. The summed E-state index contributed by atoms with van der Waals surface area (Å²) in [5, 5.41) is 0. The standard InChI is InChI=1S/C15H22N2O/c1-3-12-4-6-13(7-5-12)15(18)17-9-8-11(2)14(17)10-16/h4-7,11,14H,3,8-10,16H2,1-2H3. The van der Waals surface area contributed by atoms with Crippen LogP contribution in [0.2, 0.25) is 0 Å². The predicted molar refractivity (Wildman–Crippen MR) is 73.5 cm³/mol. The highest BCUT2D eigenvalue weighted by Crippen LogP contribution is 2.25. The van der Waals surface area contributed by atoms with Gasteiger partial charge in [0.15, 0.2) is 0 Å². The number of aryl methyl sites for hydroxylation is 1. The Balaban J connectivity index is 2.15. The Morgan fingerprint density at radius 3 is 2.61 bits per heavy atom. The second kappa shape index (κ2) is 5.53. The highest BCUT2D eigenvalue weighted by molar-refractivity contribution is 5.94. The molecule has 1 fully saturated rings. The number of nitrogens with zero attached hydrogens (tertiary/aromatic N) is 1. The Morgan fingerprint density at radius 1 is 1.39 bits per heavy atom. The maximum absolute atomic E-state index is 12.4. The largest absolute Gasteiger partial charge is 0.334 e. The van der Waals surface area contributed by atoms with Crippen molar-refractivity contribution in [2.45, 2.75) is 32.7 Å². The molecule has 1 aliphatic heterocycles. The fraction of sp³-hybridized carbons (Fsp3) is 0.533. The zero-order chi connectivity index (χ0) is 13.1. The van der Waals surface area contributed by atoms with Crippen molar-refractivity contribution in [3.05, 3.63) is 35.4 Å².